The molecule has 2 fully saturated rings. The molecule has 27 heavy (non-hydrogen) atoms. The van der Waals surface area contributed by atoms with Crippen molar-refractivity contribution in [3.05, 3.63) is 52.3 Å². The van der Waals surface area contributed by atoms with E-state index in [9.17, 15) is 0 Å². The number of rotatable bonds is 3. The van der Waals surface area contributed by atoms with Crippen LogP contribution in [0, 0.1) is 0 Å². The summed E-state index contributed by atoms with van der Waals surface area (Å²) >= 11 is 3.50. The summed E-state index contributed by atoms with van der Waals surface area (Å²) < 4.78 is 8.88. The Kier molecular flexibility index (Phi) is 6.80. The summed E-state index contributed by atoms with van der Waals surface area (Å²) in [5.41, 5.74) is 2.50. The first-order valence-electron chi connectivity index (χ1n) is 8.98. The van der Waals surface area contributed by atoms with E-state index in [1.54, 1.807) is 0 Å². The van der Waals surface area contributed by atoms with Gasteiger partial charge in [0, 0.05) is 48.8 Å². The molecule has 3 atom stereocenters. The van der Waals surface area contributed by atoms with Gasteiger partial charge in [-0.2, -0.15) is 5.10 Å². The summed E-state index contributed by atoms with van der Waals surface area (Å²) in [6, 6.07) is 9.08. The normalized spacial score (nSPS) is 25.1. The van der Waals surface area contributed by atoms with Crippen LogP contribution in [0.2, 0.25) is 0 Å². The minimum Gasteiger partial charge on any atom is -0.370 e. The molecule has 6 nitrogen and oxygen atoms in total. The van der Waals surface area contributed by atoms with Crippen molar-refractivity contribution in [2.45, 2.75) is 24.5 Å². The molecule has 1 saturated carbocycles. The maximum Gasteiger partial charge on any atom is 0.194 e. The highest BCUT2D eigenvalue weighted by Gasteiger charge is 2.40. The fourth-order valence-electron chi connectivity index (χ4n) is 3.55. The SMILES string of the molecule is CN=C(NC1CC1c1ccc(Br)cc1)N1CCOC(c2cnn(C)c2)C1.I. The summed E-state index contributed by atoms with van der Waals surface area (Å²) in [5.74, 6) is 1.53. The number of hydrogen-bond acceptors (Lipinski definition) is 3. The minimum atomic E-state index is 0. The van der Waals surface area contributed by atoms with Gasteiger partial charge in [-0.25, -0.2) is 0 Å². The predicted molar refractivity (Wildman–Crippen MR) is 121 cm³/mol. The van der Waals surface area contributed by atoms with E-state index in [0.29, 0.717) is 18.6 Å². The van der Waals surface area contributed by atoms with E-state index in [1.807, 2.05) is 31.2 Å². The van der Waals surface area contributed by atoms with Crippen molar-refractivity contribution in [3.8, 4) is 0 Å². The Hall–Kier alpha value is -1.13. The Morgan fingerprint density at radius 1 is 1.30 bits per heavy atom. The molecule has 146 valence electrons. The standard InChI is InChI=1S/C19H24BrN5O.HI/c1-21-19(23-17-9-16(17)13-3-5-15(20)6-4-13)25-7-8-26-18(12-25)14-10-22-24(2)11-14;/h3-6,10-11,16-18H,7-9,12H2,1-2H3,(H,21,23);1H. The predicted octanol–water partition coefficient (Wildman–Crippen LogP) is 3.31. The van der Waals surface area contributed by atoms with Crippen molar-refractivity contribution in [1.29, 1.82) is 0 Å². The molecular weight excluding hydrogens is 521 g/mol. The van der Waals surface area contributed by atoms with Crippen LogP contribution in [0.4, 0.5) is 0 Å². The monoisotopic (exact) mass is 545 g/mol. The molecule has 1 aliphatic carbocycles. The van der Waals surface area contributed by atoms with Gasteiger partial charge in [0.15, 0.2) is 5.96 Å². The Morgan fingerprint density at radius 3 is 2.74 bits per heavy atom. The van der Waals surface area contributed by atoms with Crippen LogP contribution in [0.5, 0.6) is 0 Å². The van der Waals surface area contributed by atoms with Crippen molar-refractivity contribution in [2.24, 2.45) is 12.0 Å². The molecule has 0 radical (unpaired) electrons. The number of halogens is 2. The van der Waals surface area contributed by atoms with Crippen molar-refractivity contribution in [1.82, 2.24) is 20.0 Å². The Morgan fingerprint density at radius 2 is 2.07 bits per heavy atom. The van der Waals surface area contributed by atoms with Gasteiger partial charge in [-0.3, -0.25) is 9.67 Å². The molecule has 2 heterocycles. The first-order valence-corrected chi connectivity index (χ1v) is 9.77. The zero-order chi connectivity index (χ0) is 18.1. The number of guanidine groups is 1. The average Bonchev–Trinajstić information content (AvgIpc) is 3.29. The van der Waals surface area contributed by atoms with Crippen LogP contribution in [0.3, 0.4) is 0 Å². The van der Waals surface area contributed by atoms with Crippen LogP contribution in [-0.4, -0.2) is 53.4 Å². The fourth-order valence-corrected chi connectivity index (χ4v) is 3.81. The number of morpholine rings is 1. The lowest BCUT2D eigenvalue weighted by atomic mass is 10.1. The Balaban J connectivity index is 0.00000210. The molecule has 2 aromatic rings. The number of aryl methyl sites for hydroxylation is 1. The van der Waals surface area contributed by atoms with Crippen LogP contribution in [0.1, 0.15) is 29.6 Å². The average molecular weight is 546 g/mol. The van der Waals surface area contributed by atoms with Crippen LogP contribution in [0.15, 0.2) is 46.1 Å². The topological polar surface area (TPSA) is 54.7 Å². The number of hydrogen-bond donors (Lipinski definition) is 1. The second-order valence-electron chi connectivity index (χ2n) is 6.94. The number of nitrogens with zero attached hydrogens (tertiary/aromatic N) is 4. The summed E-state index contributed by atoms with van der Waals surface area (Å²) in [6.45, 7) is 2.34. The van der Waals surface area contributed by atoms with E-state index in [0.717, 1.165) is 35.5 Å². The van der Waals surface area contributed by atoms with Gasteiger partial charge in [0.25, 0.3) is 0 Å². The molecule has 1 N–H and O–H groups in total. The second kappa shape index (κ2) is 8.91. The number of aromatic nitrogens is 2. The summed E-state index contributed by atoms with van der Waals surface area (Å²) in [6.07, 6.45) is 5.10. The molecule has 8 heteroatoms. The van der Waals surface area contributed by atoms with E-state index in [1.165, 1.54) is 5.56 Å². The lowest BCUT2D eigenvalue weighted by molar-refractivity contribution is -0.00806. The molecule has 1 aromatic heterocycles. The Bertz CT molecular complexity index is 794. The van der Waals surface area contributed by atoms with Crippen LogP contribution in [-0.2, 0) is 11.8 Å². The van der Waals surface area contributed by atoms with Gasteiger partial charge in [-0.15, -0.1) is 24.0 Å². The molecule has 0 spiro atoms. The zero-order valence-corrected chi connectivity index (χ0v) is 19.4. The molecule has 1 aliphatic heterocycles. The number of aliphatic imine (C=N–C) groups is 1. The highest BCUT2D eigenvalue weighted by Crippen LogP contribution is 2.41. The molecule has 4 rings (SSSR count). The third-order valence-electron chi connectivity index (χ3n) is 5.08. The van der Waals surface area contributed by atoms with E-state index in [4.69, 9.17) is 4.74 Å². The third-order valence-corrected chi connectivity index (χ3v) is 5.61. The highest BCUT2D eigenvalue weighted by molar-refractivity contribution is 14.0. The van der Waals surface area contributed by atoms with Gasteiger partial charge in [0.1, 0.15) is 6.10 Å². The lowest BCUT2D eigenvalue weighted by Crippen LogP contribution is -2.48. The van der Waals surface area contributed by atoms with Crippen molar-refractivity contribution in [3.63, 3.8) is 0 Å². The minimum absolute atomic E-state index is 0. The van der Waals surface area contributed by atoms with Gasteiger partial charge < -0.3 is 15.0 Å². The zero-order valence-electron chi connectivity index (χ0n) is 15.5. The van der Waals surface area contributed by atoms with Crippen LogP contribution in [0.25, 0.3) is 0 Å². The van der Waals surface area contributed by atoms with Crippen molar-refractivity contribution < 1.29 is 4.74 Å². The van der Waals surface area contributed by atoms with Crippen molar-refractivity contribution >= 4 is 45.9 Å². The van der Waals surface area contributed by atoms with Gasteiger partial charge >= 0.3 is 0 Å². The molecule has 1 saturated heterocycles. The number of benzene rings is 1. The number of ether oxygens (including phenoxy) is 1. The van der Waals surface area contributed by atoms with E-state index < -0.39 is 0 Å². The van der Waals surface area contributed by atoms with Gasteiger partial charge in [0.05, 0.1) is 19.3 Å². The first-order chi connectivity index (χ1) is 12.6. The fraction of sp³-hybridized carbons (Fsp3) is 0.474. The third kappa shape index (κ3) is 4.83. The second-order valence-corrected chi connectivity index (χ2v) is 7.86. The molecule has 2 aliphatic rings. The number of nitrogens with one attached hydrogen (secondary N) is 1. The van der Waals surface area contributed by atoms with Gasteiger partial charge in [0.2, 0.25) is 0 Å². The highest BCUT2D eigenvalue weighted by atomic mass is 127. The van der Waals surface area contributed by atoms with E-state index in [-0.39, 0.29) is 30.1 Å². The van der Waals surface area contributed by atoms with Crippen LogP contribution < -0.4 is 5.32 Å². The van der Waals surface area contributed by atoms with Gasteiger partial charge in [-0.05, 0) is 24.1 Å². The van der Waals surface area contributed by atoms with E-state index in [2.05, 4.69) is 60.5 Å². The van der Waals surface area contributed by atoms with Crippen LogP contribution >= 0.6 is 39.9 Å². The smallest absolute Gasteiger partial charge is 0.194 e. The van der Waals surface area contributed by atoms with Gasteiger partial charge in [-0.1, -0.05) is 28.1 Å². The molecule has 1 aromatic carbocycles. The molecule has 3 unspecified atom stereocenters. The summed E-state index contributed by atoms with van der Waals surface area (Å²) in [5, 5.41) is 7.90. The maximum absolute atomic E-state index is 5.94. The summed E-state index contributed by atoms with van der Waals surface area (Å²) in [7, 11) is 3.79. The molecular formula is C19H25BrIN5O. The summed E-state index contributed by atoms with van der Waals surface area (Å²) in [4.78, 5) is 6.80. The molecule has 0 bridgehead atoms. The van der Waals surface area contributed by atoms with Crippen molar-refractivity contribution in [2.75, 3.05) is 26.7 Å². The first kappa shape index (κ1) is 20.6. The molecule has 0 amide bonds. The van der Waals surface area contributed by atoms with E-state index >= 15 is 0 Å². The maximum atomic E-state index is 5.94. The largest absolute Gasteiger partial charge is 0.370 e. The lowest BCUT2D eigenvalue weighted by Gasteiger charge is -2.34. The Labute approximate surface area is 185 Å². The quantitative estimate of drug-likeness (QED) is 0.365.